The molecule has 1 N–H and O–H groups in total. The van der Waals surface area contributed by atoms with Gasteiger partial charge in [-0.1, -0.05) is 20.8 Å². The third kappa shape index (κ3) is 3.65. The predicted molar refractivity (Wildman–Crippen MR) is 118 cm³/mol. The Morgan fingerprint density at radius 2 is 1.97 bits per heavy atom. The number of ether oxygens (including phenoxy) is 1. The summed E-state index contributed by atoms with van der Waals surface area (Å²) in [4.78, 5) is 23.5. The van der Waals surface area contributed by atoms with Crippen LogP contribution in [0.15, 0.2) is 34.7 Å². The fraction of sp³-hybridized carbons (Fsp3) is 0.348. The van der Waals surface area contributed by atoms with Crippen molar-refractivity contribution in [1.82, 2.24) is 8.94 Å². The summed E-state index contributed by atoms with van der Waals surface area (Å²) in [6.07, 6.45) is 4.91. The molecule has 2 aliphatic rings. The van der Waals surface area contributed by atoms with Crippen molar-refractivity contribution < 1.29 is 14.6 Å². The van der Waals surface area contributed by atoms with E-state index in [1.807, 2.05) is 22.2 Å². The topological polar surface area (TPSA) is 81.4 Å². The summed E-state index contributed by atoms with van der Waals surface area (Å²) in [7, 11) is 0. The van der Waals surface area contributed by atoms with Gasteiger partial charge in [0.2, 0.25) is 0 Å². The lowest BCUT2D eigenvalue weighted by Gasteiger charge is -2.25. The van der Waals surface area contributed by atoms with Gasteiger partial charge in [0.1, 0.15) is 11.3 Å². The molecule has 0 unspecified atom stereocenters. The number of nitrogens with zero attached hydrogens (tertiary/aromatic N) is 2. The summed E-state index contributed by atoms with van der Waals surface area (Å²) in [5.74, 6) is 0.561. The number of carboxylic acid groups (broad SMARTS) is 1. The van der Waals surface area contributed by atoms with E-state index in [4.69, 9.17) is 4.74 Å². The summed E-state index contributed by atoms with van der Waals surface area (Å²) in [6, 6.07) is 3.49. The molecule has 0 bridgehead atoms. The Morgan fingerprint density at radius 3 is 2.63 bits per heavy atom. The van der Waals surface area contributed by atoms with Gasteiger partial charge in [-0.05, 0) is 35.5 Å². The summed E-state index contributed by atoms with van der Waals surface area (Å²) in [5, 5.41) is 11.2. The molecule has 5 rings (SSSR count). The van der Waals surface area contributed by atoms with Crippen LogP contribution in [0.4, 0.5) is 0 Å². The van der Waals surface area contributed by atoms with Crippen LogP contribution < -0.4 is 10.2 Å². The molecule has 0 atom stereocenters. The number of carbonyl (C=O) groups is 1. The number of fused-ring (bicyclic) bond motifs is 5. The van der Waals surface area contributed by atoms with E-state index in [9.17, 15) is 14.7 Å². The lowest BCUT2D eigenvalue weighted by molar-refractivity contribution is 0.0694. The van der Waals surface area contributed by atoms with Gasteiger partial charge >= 0.3 is 5.97 Å². The SMILES string of the molecule is CC(C)C.O=C(O)c1cn2c(cc1=O)-c1cc(-c3cnsc3)c3c(c1CC2)CCO3. The minimum absolute atomic E-state index is 0.191. The fourth-order valence-electron chi connectivity index (χ4n) is 3.89. The largest absolute Gasteiger partial charge is 0.492 e. The molecule has 0 spiro atoms. The number of rotatable bonds is 2. The van der Waals surface area contributed by atoms with Crippen molar-refractivity contribution in [2.45, 2.75) is 40.2 Å². The van der Waals surface area contributed by atoms with Crippen LogP contribution in [0.2, 0.25) is 0 Å². The van der Waals surface area contributed by atoms with Crippen LogP contribution in [-0.2, 0) is 19.4 Å². The summed E-state index contributed by atoms with van der Waals surface area (Å²) in [6.45, 7) is 7.80. The molecular formula is C23H24N2O4S. The highest BCUT2D eigenvalue weighted by atomic mass is 32.1. The molecule has 6 nitrogen and oxygen atoms in total. The van der Waals surface area contributed by atoms with Crippen LogP contribution in [0.5, 0.6) is 5.75 Å². The second-order valence-electron chi connectivity index (χ2n) is 8.19. The van der Waals surface area contributed by atoms with Gasteiger partial charge < -0.3 is 14.4 Å². The van der Waals surface area contributed by atoms with E-state index in [-0.39, 0.29) is 5.56 Å². The number of aromatic carboxylic acids is 1. The maximum atomic E-state index is 12.3. The van der Waals surface area contributed by atoms with Crippen molar-refractivity contribution in [3.63, 3.8) is 0 Å². The van der Waals surface area contributed by atoms with E-state index in [1.165, 1.54) is 34.9 Å². The molecule has 30 heavy (non-hydrogen) atoms. The molecular weight excluding hydrogens is 400 g/mol. The Labute approximate surface area is 178 Å². The predicted octanol–water partition coefficient (Wildman–Crippen LogP) is 4.49. The third-order valence-corrected chi connectivity index (χ3v) is 5.66. The fourth-order valence-corrected chi connectivity index (χ4v) is 4.43. The Hall–Kier alpha value is -2.93. The van der Waals surface area contributed by atoms with Crippen molar-refractivity contribution in [2.75, 3.05) is 6.61 Å². The van der Waals surface area contributed by atoms with E-state index in [1.54, 1.807) is 0 Å². The van der Waals surface area contributed by atoms with E-state index in [0.717, 1.165) is 46.9 Å². The van der Waals surface area contributed by atoms with Crippen LogP contribution in [-0.4, -0.2) is 26.6 Å². The first-order valence-corrected chi connectivity index (χ1v) is 10.9. The maximum Gasteiger partial charge on any atom is 0.341 e. The molecule has 0 fully saturated rings. The minimum atomic E-state index is -1.19. The van der Waals surface area contributed by atoms with Gasteiger partial charge in [0.15, 0.2) is 5.43 Å². The quantitative estimate of drug-likeness (QED) is 0.655. The van der Waals surface area contributed by atoms with Gasteiger partial charge in [-0.25, -0.2) is 9.17 Å². The molecule has 0 aliphatic carbocycles. The number of hydrogen-bond donors (Lipinski definition) is 1. The Morgan fingerprint density at radius 1 is 1.20 bits per heavy atom. The van der Waals surface area contributed by atoms with Crippen LogP contribution >= 0.6 is 11.5 Å². The van der Waals surface area contributed by atoms with Crippen molar-refractivity contribution in [3.8, 4) is 28.1 Å². The Balaban J connectivity index is 0.000000503. The van der Waals surface area contributed by atoms with Crippen molar-refractivity contribution in [1.29, 1.82) is 0 Å². The number of aryl methyl sites for hydroxylation is 1. The van der Waals surface area contributed by atoms with Gasteiger partial charge in [-0.15, -0.1) is 0 Å². The molecule has 3 aromatic rings. The highest BCUT2D eigenvalue weighted by Gasteiger charge is 2.28. The first-order valence-electron chi connectivity index (χ1n) is 10.1. The Kier molecular flexibility index (Phi) is 5.47. The maximum absolute atomic E-state index is 12.3. The van der Waals surface area contributed by atoms with Crippen molar-refractivity contribution >= 4 is 17.5 Å². The van der Waals surface area contributed by atoms with E-state index >= 15 is 0 Å². The Bertz CT molecular complexity index is 1160. The molecule has 4 heterocycles. The second-order valence-corrected chi connectivity index (χ2v) is 8.84. The monoisotopic (exact) mass is 424 g/mol. The average Bonchev–Trinajstić information content (AvgIpc) is 3.38. The number of aromatic nitrogens is 2. The number of carboxylic acids is 1. The highest BCUT2D eigenvalue weighted by Crippen LogP contribution is 2.45. The van der Waals surface area contributed by atoms with Gasteiger partial charge in [-0.3, -0.25) is 4.79 Å². The van der Waals surface area contributed by atoms with Crippen molar-refractivity contribution in [2.24, 2.45) is 5.92 Å². The standard InChI is InChI=1S/C19H14N2O4S.C4H10/c22-17-6-16-14-5-13(10-7-20-26-9-10)18-12(2-4-25-18)11(14)1-3-21(16)8-15(17)19(23)24;1-4(2)3/h5-9H,1-4H2,(H,23,24);4H,1-3H3. The van der Waals surface area contributed by atoms with Crippen molar-refractivity contribution in [3.05, 3.63) is 56.8 Å². The van der Waals surface area contributed by atoms with Gasteiger partial charge in [0.25, 0.3) is 0 Å². The third-order valence-electron chi connectivity index (χ3n) is 5.08. The van der Waals surface area contributed by atoms with E-state index in [0.29, 0.717) is 13.2 Å². The summed E-state index contributed by atoms with van der Waals surface area (Å²) < 4.78 is 12.0. The molecule has 7 heteroatoms. The first-order chi connectivity index (χ1) is 14.4. The van der Waals surface area contributed by atoms with Crippen LogP contribution in [0, 0.1) is 5.92 Å². The second kappa shape index (κ2) is 8.07. The number of pyridine rings is 1. The zero-order chi connectivity index (χ0) is 21.4. The normalized spacial score (nSPS) is 13.6. The van der Waals surface area contributed by atoms with E-state index < -0.39 is 11.4 Å². The van der Waals surface area contributed by atoms with Crippen LogP contribution in [0.1, 0.15) is 42.3 Å². The van der Waals surface area contributed by atoms with Gasteiger partial charge in [-0.2, -0.15) is 0 Å². The molecule has 0 saturated heterocycles. The molecule has 0 radical (unpaired) electrons. The van der Waals surface area contributed by atoms with Gasteiger partial charge in [0.05, 0.1) is 12.3 Å². The molecule has 0 amide bonds. The lowest BCUT2D eigenvalue weighted by atomic mass is 9.88. The van der Waals surface area contributed by atoms with Gasteiger partial charge in [0, 0.05) is 59.1 Å². The van der Waals surface area contributed by atoms with Crippen LogP contribution in [0.3, 0.4) is 0 Å². The van der Waals surface area contributed by atoms with Crippen LogP contribution in [0.25, 0.3) is 22.4 Å². The zero-order valence-corrected chi connectivity index (χ0v) is 18.1. The number of benzene rings is 1. The highest BCUT2D eigenvalue weighted by molar-refractivity contribution is 7.03. The zero-order valence-electron chi connectivity index (χ0n) is 17.3. The molecule has 0 saturated carbocycles. The molecule has 156 valence electrons. The number of hydrogen-bond acceptors (Lipinski definition) is 5. The molecule has 2 aromatic heterocycles. The molecule has 2 aliphatic heterocycles. The average molecular weight is 425 g/mol. The first kappa shape index (κ1) is 20.3. The molecule has 1 aromatic carbocycles. The summed E-state index contributed by atoms with van der Waals surface area (Å²) in [5.41, 5.74) is 5.47. The minimum Gasteiger partial charge on any atom is -0.492 e. The lowest BCUT2D eigenvalue weighted by Crippen LogP contribution is -2.22. The van der Waals surface area contributed by atoms with E-state index in [2.05, 4.69) is 25.1 Å². The summed E-state index contributed by atoms with van der Waals surface area (Å²) >= 11 is 1.38. The smallest absolute Gasteiger partial charge is 0.341 e.